The summed E-state index contributed by atoms with van der Waals surface area (Å²) in [5.74, 6) is 0.0261. The highest BCUT2D eigenvalue weighted by molar-refractivity contribution is 8.04. The third kappa shape index (κ3) is 4.47. The first kappa shape index (κ1) is 18.8. The Labute approximate surface area is 169 Å². The van der Waals surface area contributed by atoms with E-state index in [1.807, 2.05) is 66.7 Å². The Morgan fingerprint density at radius 1 is 1.07 bits per heavy atom. The standard InChI is InChI=1S/C23H24N2O2S/c26-22(24-15-17-9-5-2-6-10-17)18-11-12-20-19(14-18)25-23(27)21(28-20)13-16-7-3-1-4-8-16/h1-10,13,18-20H,11-12,14-15H2,(H,24,26)(H,25,27)/b21-13-. The van der Waals surface area contributed by atoms with Gasteiger partial charge in [-0.3, -0.25) is 9.59 Å². The van der Waals surface area contributed by atoms with Gasteiger partial charge in [-0.05, 0) is 36.5 Å². The van der Waals surface area contributed by atoms with Gasteiger partial charge in [0, 0.05) is 23.8 Å². The van der Waals surface area contributed by atoms with Crippen LogP contribution < -0.4 is 10.6 Å². The number of nitrogens with one attached hydrogen (secondary N) is 2. The zero-order chi connectivity index (χ0) is 19.3. The van der Waals surface area contributed by atoms with Gasteiger partial charge in [-0.25, -0.2) is 0 Å². The van der Waals surface area contributed by atoms with Crippen LogP contribution >= 0.6 is 11.8 Å². The van der Waals surface area contributed by atoms with Gasteiger partial charge in [0.05, 0.1) is 4.91 Å². The molecule has 4 nitrogen and oxygen atoms in total. The van der Waals surface area contributed by atoms with Crippen molar-refractivity contribution in [3.63, 3.8) is 0 Å². The molecule has 28 heavy (non-hydrogen) atoms. The van der Waals surface area contributed by atoms with E-state index >= 15 is 0 Å². The Kier molecular flexibility index (Phi) is 5.81. The SMILES string of the molecule is O=C1NC2CC(C(=O)NCc3ccccc3)CCC2S/C1=C\c1ccccc1. The van der Waals surface area contributed by atoms with Gasteiger partial charge in [0.1, 0.15) is 0 Å². The molecule has 2 amide bonds. The number of benzene rings is 2. The van der Waals surface area contributed by atoms with Gasteiger partial charge in [0.15, 0.2) is 0 Å². The fraction of sp³-hybridized carbons (Fsp3) is 0.304. The van der Waals surface area contributed by atoms with E-state index in [9.17, 15) is 9.59 Å². The van der Waals surface area contributed by atoms with E-state index in [2.05, 4.69) is 10.6 Å². The molecule has 1 saturated carbocycles. The van der Waals surface area contributed by atoms with E-state index in [4.69, 9.17) is 0 Å². The Bertz CT molecular complexity index is 867. The van der Waals surface area contributed by atoms with E-state index in [1.165, 1.54) is 0 Å². The number of carbonyl (C=O) groups is 2. The molecule has 1 aliphatic heterocycles. The molecule has 2 fully saturated rings. The number of hydrogen-bond donors (Lipinski definition) is 2. The largest absolute Gasteiger partial charge is 0.352 e. The second kappa shape index (κ2) is 8.65. The fourth-order valence-electron chi connectivity index (χ4n) is 3.86. The molecule has 2 N–H and O–H groups in total. The summed E-state index contributed by atoms with van der Waals surface area (Å²) >= 11 is 1.66. The number of amides is 2. The first-order valence-electron chi connectivity index (χ1n) is 9.75. The van der Waals surface area contributed by atoms with Gasteiger partial charge < -0.3 is 10.6 Å². The Morgan fingerprint density at radius 2 is 1.79 bits per heavy atom. The van der Waals surface area contributed by atoms with E-state index in [1.54, 1.807) is 11.8 Å². The van der Waals surface area contributed by atoms with Crippen LogP contribution in [-0.2, 0) is 16.1 Å². The molecule has 3 atom stereocenters. The molecule has 1 aliphatic carbocycles. The van der Waals surface area contributed by atoms with Crippen molar-refractivity contribution in [2.75, 3.05) is 0 Å². The van der Waals surface area contributed by atoms with Crippen LogP contribution in [0, 0.1) is 5.92 Å². The lowest BCUT2D eigenvalue weighted by Gasteiger charge is -2.39. The summed E-state index contributed by atoms with van der Waals surface area (Å²) in [6.07, 6.45) is 4.46. The Balaban J connectivity index is 1.35. The van der Waals surface area contributed by atoms with Crippen LogP contribution in [0.3, 0.4) is 0 Å². The number of carbonyl (C=O) groups excluding carboxylic acids is 2. The zero-order valence-electron chi connectivity index (χ0n) is 15.6. The number of fused-ring (bicyclic) bond motifs is 1. The van der Waals surface area contributed by atoms with Gasteiger partial charge >= 0.3 is 0 Å². The van der Waals surface area contributed by atoms with Crippen molar-refractivity contribution < 1.29 is 9.59 Å². The molecular weight excluding hydrogens is 368 g/mol. The molecule has 4 rings (SSSR count). The highest BCUT2D eigenvalue weighted by Crippen LogP contribution is 2.39. The van der Waals surface area contributed by atoms with Crippen molar-refractivity contribution in [2.45, 2.75) is 37.1 Å². The monoisotopic (exact) mass is 392 g/mol. The van der Waals surface area contributed by atoms with E-state index < -0.39 is 0 Å². The maximum Gasteiger partial charge on any atom is 0.257 e. The first-order valence-corrected chi connectivity index (χ1v) is 10.6. The minimum Gasteiger partial charge on any atom is -0.352 e. The average molecular weight is 393 g/mol. The van der Waals surface area contributed by atoms with Crippen molar-refractivity contribution >= 4 is 29.7 Å². The molecule has 3 unspecified atom stereocenters. The summed E-state index contributed by atoms with van der Waals surface area (Å²) in [7, 11) is 0. The van der Waals surface area contributed by atoms with E-state index in [-0.39, 0.29) is 23.8 Å². The lowest BCUT2D eigenvalue weighted by molar-refractivity contribution is -0.127. The zero-order valence-corrected chi connectivity index (χ0v) is 16.5. The van der Waals surface area contributed by atoms with Crippen LogP contribution in [0.15, 0.2) is 65.6 Å². The summed E-state index contributed by atoms with van der Waals surface area (Å²) in [5, 5.41) is 6.52. The molecule has 1 saturated heterocycles. The van der Waals surface area contributed by atoms with Crippen LogP contribution in [0.5, 0.6) is 0 Å². The molecule has 1 heterocycles. The second-order valence-electron chi connectivity index (χ2n) is 7.37. The quantitative estimate of drug-likeness (QED) is 0.780. The van der Waals surface area contributed by atoms with Gasteiger partial charge in [-0.2, -0.15) is 0 Å². The summed E-state index contributed by atoms with van der Waals surface area (Å²) in [5.41, 5.74) is 2.13. The number of thioether (sulfide) groups is 1. The minimum atomic E-state index is -0.0366. The number of hydrogen-bond acceptors (Lipinski definition) is 3. The third-order valence-electron chi connectivity index (χ3n) is 5.38. The summed E-state index contributed by atoms with van der Waals surface area (Å²) in [4.78, 5) is 25.9. The predicted molar refractivity (Wildman–Crippen MR) is 113 cm³/mol. The van der Waals surface area contributed by atoms with Crippen molar-refractivity contribution in [1.29, 1.82) is 0 Å². The maximum absolute atomic E-state index is 12.6. The van der Waals surface area contributed by atoms with Gasteiger partial charge in [0.2, 0.25) is 5.91 Å². The fourth-order valence-corrected chi connectivity index (χ4v) is 5.15. The highest BCUT2D eigenvalue weighted by Gasteiger charge is 2.39. The smallest absolute Gasteiger partial charge is 0.257 e. The maximum atomic E-state index is 12.6. The normalized spacial score (nSPS) is 25.6. The molecule has 2 aliphatic rings. The molecular formula is C23H24N2O2S. The third-order valence-corrected chi connectivity index (χ3v) is 6.81. The molecule has 0 radical (unpaired) electrons. The molecule has 0 spiro atoms. The van der Waals surface area contributed by atoms with Gasteiger partial charge in [-0.15, -0.1) is 11.8 Å². The lowest BCUT2D eigenvalue weighted by atomic mass is 9.84. The van der Waals surface area contributed by atoms with Gasteiger partial charge in [-0.1, -0.05) is 60.7 Å². The summed E-state index contributed by atoms with van der Waals surface area (Å²) < 4.78 is 0. The van der Waals surface area contributed by atoms with E-state index in [0.29, 0.717) is 18.2 Å². The number of rotatable bonds is 4. The molecule has 2 aromatic rings. The van der Waals surface area contributed by atoms with Crippen molar-refractivity contribution in [2.24, 2.45) is 5.92 Å². The molecule has 0 aromatic heterocycles. The molecule has 5 heteroatoms. The van der Waals surface area contributed by atoms with Crippen LogP contribution in [0.2, 0.25) is 0 Å². The average Bonchev–Trinajstić information content (AvgIpc) is 2.74. The van der Waals surface area contributed by atoms with E-state index in [0.717, 1.165) is 28.9 Å². The van der Waals surface area contributed by atoms with Crippen molar-refractivity contribution in [1.82, 2.24) is 10.6 Å². The Morgan fingerprint density at radius 3 is 2.54 bits per heavy atom. The second-order valence-corrected chi connectivity index (χ2v) is 8.65. The first-order chi connectivity index (χ1) is 13.7. The summed E-state index contributed by atoms with van der Waals surface area (Å²) in [6.45, 7) is 0.551. The molecule has 144 valence electrons. The minimum absolute atomic E-state index is 0.0274. The van der Waals surface area contributed by atoms with Crippen LogP contribution in [0.4, 0.5) is 0 Å². The molecule has 2 aromatic carbocycles. The topological polar surface area (TPSA) is 58.2 Å². The predicted octanol–water partition coefficient (Wildman–Crippen LogP) is 3.74. The van der Waals surface area contributed by atoms with Crippen LogP contribution in [0.25, 0.3) is 6.08 Å². The summed E-state index contributed by atoms with van der Waals surface area (Å²) in [6, 6.07) is 19.9. The highest BCUT2D eigenvalue weighted by atomic mass is 32.2. The Hall–Kier alpha value is -2.53. The van der Waals surface area contributed by atoms with Gasteiger partial charge in [0.25, 0.3) is 5.91 Å². The van der Waals surface area contributed by atoms with Crippen LogP contribution in [-0.4, -0.2) is 23.1 Å². The molecule has 0 bridgehead atoms. The van der Waals surface area contributed by atoms with Crippen molar-refractivity contribution in [3.05, 3.63) is 76.7 Å². The van der Waals surface area contributed by atoms with Crippen LogP contribution in [0.1, 0.15) is 30.4 Å². The van der Waals surface area contributed by atoms with Crippen molar-refractivity contribution in [3.8, 4) is 0 Å². The lowest BCUT2D eigenvalue weighted by Crippen LogP contribution is -2.51.